The second-order valence-corrected chi connectivity index (χ2v) is 8.32. The number of rotatable bonds is 4. The van der Waals surface area contributed by atoms with E-state index in [0.717, 1.165) is 33.8 Å². The second-order valence-electron chi connectivity index (χ2n) is 8.32. The van der Waals surface area contributed by atoms with Crippen LogP contribution in [0.15, 0.2) is 54.2 Å². The van der Waals surface area contributed by atoms with Gasteiger partial charge in [-0.25, -0.2) is 4.79 Å². The number of nitrogens with one attached hydrogen (secondary N) is 1. The fraction of sp³-hybridized carbons (Fsp3) is 0.231. The molecule has 1 aliphatic heterocycles. The van der Waals surface area contributed by atoms with E-state index < -0.39 is 0 Å². The van der Waals surface area contributed by atoms with Crippen LogP contribution in [0, 0.1) is 34.6 Å². The van der Waals surface area contributed by atoms with Crippen molar-refractivity contribution in [1.29, 1.82) is 0 Å². The van der Waals surface area contributed by atoms with Crippen LogP contribution in [0.5, 0.6) is 0 Å². The number of carbonyl (C=O) groups excluding carboxylic acids is 2. The summed E-state index contributed by atoms with van der Waals surface area (Å²) in [6, 6.07) is 15.9. The van der Waals surface area contributed by atoms with Crippen LogP contribution in [0.1, 0.15) is 39.2 Å². The molecule has 2 aromatic carbocycles. The van der Waals surface area contributed by atoms with Crippen LogP contribution in [0.25, 0.3) is 11.8 Å². The monoisotopic (exact) mass is 413 g/mol. The number of nitrogens with zero attached hydrogens (tertiary/aromatic N) is 2. The van der Waals surface area contributed by atoms with Gasteiger partial charge in [-0.1, -0.05) is 47.5 Å². The minimum atomic E-state index is -0.388. The minimum absolute atomic E-state index is 0.255. The second kappa shape index (κ2) is 7.91. The van der Waals surface area contributed by atoms with Crippen molar-refractivity contribution in [3.05, 3.63) is 93.4 Å². The number of carbonyl (C=O) groups is 2. The van der Waals surface area contributed by atoms with Gasteiger partial charge in [0, 0.05) is 17.1 Å². The van der Waals surface area contributed by atoms with Crippen molar-refractivity contribution in [1.82, 2.24) is 14.8 Å². The van der Waals surface area contributed by atoms with E-state index in [1.54, 1.807) is 6.08 Å². The van der Waals surface area contributed by atoms with Crippen molar-refractivity contribution in [2.45, 2.75) is 41.2 Å². The van der Waals surface area contributed by atoms with E-state index in [0.29, 0.717) is 5.70 Å². The Morgan fingerprint density at radius 2 is 1.65 bits per heavy atom. The van der Waals surface area contributed by atoms with E-state index in [2.05, 4.69) is 41.9 Å². The summed E-state index contributed by atoms with van der Waals surface area (Å²) >= 11 is 0. The zero-order chi connectivity index (χ0) is 22.3. The number of imide groups is 1. The third-order valence-electron chi connectivity index (χ3n) is 5.75. The summed E-state index contributed by atoms with van der Waals surface area (Å²) in [6.45, 7) is 10.5. The third-order valence-corrected chi connectivity index (χ3v) is 5.75. The highest BCUT2D eigenvalue weighted by Crippen LogP contribution is 2.26. The summed E-state index contributed by atoms with van der Waals surface area (Å²) in [4.78, 5) is 26.7. The Morgan fingerprint density at radius 3 is 2.35 bits per heavy atom. The molecule has 0 spiro atoms. The Morgan fingerprint density at radius 1 is 0.903 bits per heavy atom. The van der Waals surface area contributed by atoms with Gasteiger partial charge in [0.15, 0.2) is 0 Å². The Bertz CT molecular complexity index is 1230. The normalized spacial score (nSPS) is 15.1. The van der Waals surface area contributed by atoms with Gasteiger partial charge in [0.1, 0.15) is 5.70 Å². The zero-order valence-corrected chi connectivity index (χ0v) is 18.6. The van der Waals surface area contributed by atoms with Crippen LogP contribution in [0.2, 0.25) is 0 Å². The minimum Gasteiger partial charge on any atom is -0.318 e. The fourth-order valence-corrected chi connectivity index (χ4v) is 4.22. The number of benzene rings is 2. The van der Waals surface area contributed by atoms with Crippen molar-refractivity contribution in [3.8, 4) is 5.69 Å². The van der Waals surface area contributed by atoms with E-state index >= 15 is 0 Å². The standard InChI is InChI=1S/C26H27N3O2/c1-16-7-6-8-21(12-16)15-28-25(30)23(27-26(28)31)14-22-13-19(4)29(20(22)5)24-10-9-17(2)11-18(24)3/h6-14H,15H2,1-5H3,(H,27,31)/b23-14+. The summed E-state index contributed by atoms with van der Waals surface area (Å²) < 4.78 is 2.19. The van der Waals surface area contributed by atoms with Crippen LogP contribution in [-0.4, -0.2) is 21.4 Å². The van der Waals surface area contributed by atoms with Gasteiger partial charge in [0.25, 0.3) is 5.91 Å². The van der Waals surface area contributed by atoms with Gasteiger partial charge in [-0.15, -0.1) is 0 Å². The molecule has 0 unspecified atom stereocenters. The molecule has 0 radical (unpaired) electrons. The maximum atomic E-state index is 12.9. The van der Waals surface area contributed by atoms with Crippen molar-refractivity contribution in [2.75, 3.05) is 0 Å². The van der Waals surface area contributed by atoms with Crippen LogP contribution in [0.3, 0.4) is 0 Å². The predicted octanol–water partition coefficient (Wildman–Crippen LogP) is 5.11. The van der Waals surface area contributed by atoms with Crippen molar-refractivity contribution in [2.24, 2.45) is 0 Å². The quantitative estimate of drug-likeness (QED) is 0.477. The third kappa shape index (κ3) is 3.91. The molecule has 3 aromatic rings. The van der Waals surface area contributed by atoms with Crippen molar-refractivity contribution < 1.29 is 9.59 Å². The largest absolute Gasteiger partial charge is 0.329 e. The Hall–Kier alpha value is -3.60. The Balaban J connectivity index is 1.65. The predicted molar refractivity (Wildman–Crippen MR) is 123 cm³/mol. The van der Waals surface area contributed by atoms with Gasteiger partial charge in [-0.05, 0) is 69.5 Å². The fourth-order valence-electron chi connectivity index (χ4n) is 4.22. The van der Waals surface area contributed by atoms with Crippen molar-refractivity contribution in [3.63, 3.8) is 0 Å². The van der Waals surface area contributed by atoms with E-state index in [-0.39, 0.29) is 18.5 Å². The number of hydrogen-bond acceptors (Lipinski definition) is 2. The lowest BCUT2D eigenvalue weighted by Crippen LogP contribution is -2.30. The SMILES string of the molecule is Cc1cccc(CN2C(=O)N/C(=C/c3cc(C)n(-c4ccc(C)cc4C)c3C)C2=O)c1. The highest BCUT2D eigenvalue weighted by molar-refractivity contribution is 6.14. The summed E-state index contributed by atoms with van der Waals surface area (Å²) in [6.07, 6.45) is 1.78. The van der Waals surface area contributed by atoms with E-state index in [1.807, 2.05) is 51.1 Å². The van der Waals surface area contributed by atoms with Gasteiger partial charge in [0.2, 0.25) is 0 Å². The number of hydrogen-bond donors (Lipinski definition) is 1. The number of aryl methyl sites for hydroxylation is 4. The lowest BCUT2D eigenvalue weighted by molar-refractivity contribution is -0.123. The molecule has 2 heterocycles. The maximum Gasteiger partial charge on any atom is 0.329 e. The molecule has 31 heavy (non-hydrogen) atoms. The molecular weight excluding hydrogens is 386 g/mol. The Labute approximate surface area is 183 Å². The lowest BCUT2D eigenvalue weighted by atomic mass is 10.1. The molecule has 1 saturated heterocycles. The highest BCUT2D eigenvalue weighted by Gasteiger charge is 2.33. The van der Waals surface area contributed by atoms with Gasteiger partial charge in [0.05, 0.1) is 6.54 Å². The van der Waals surface area contributed by atoms with Gasteiger partial charge in [-0.2, -0.15) is 0 Å². The van der Waals surface area contributed by atoms with Crippen LogP contribution in [-0.2, 0) is 11.3 Å². The summed E-state index contributed by atoms with van der Waals surface area (Å²) in [5.41, 5.74) is 8.87. The van der Waals surface area contributed by atoms with Crippen LogP contribution in [0.4, 0.5) is 4.79 Å². The average molecular weight is 414 g/mol. The van der Waals surface area contributed by atoms with Crippen LogP contribution >= 0.6 is 0 Å². The molecule has 5 heteroatoms. The molecule has 1 aromatic heterocycles. The average Bonchev–Trinajstić information content (AvgIpc) is 3.12. The first-order valence-electron chi connectivity index (χ1n) is 10.4. The van der Waals surface area contributed by atoms with Crippen LogP contribution < -0.4 is 5.32 Å². The molecule has 0 saturated carbocycles. The summed E-state index contributed by atoms with van der Waals surface area (Å²) in [5.74, 6) is -0.303. The number of amides is 3. The molecule has 0 aliphatic carbocycles. The summed E-state index contributed by atoms with van der Waals surface area (Å²) in [7, 11) is 0. The van der Waals surface area contributed by atoms with E-state index in [4.69, 9.17) is 0 Å². The molecule has 1 aliphatic rings. The van der Waals surface area contributed by atoms with Crippen molar-refractivity contribution >= 4 is 18.0 Å². The van der Waals surface area contributed by atoms with E-state index in [1.165, 1.54) is 16.0 Å². The highest BCUT2D eigenvalue weighted by atomic mass is 16.2. The molecule has 158 valence electrons. The maximum absolute atomic E-state index is 12.9. The van der Waals surface area contributed by atoms with Gasteiger partial charge >= 0.3 is 6.03 Å². The molecule has 5 nitrogen and oxygen atoms in total. The zero-order valence-electron chi connectivity index (χ0n) is 18.6. The molecule has 3 amide bonds. The molecular formula is C26H27N3O2. The number of urea groups is 1. The first kappa shape index (κ1) is 20.7. The van der Waals surface area contributed by atoms with E-state index in [9.17, 15) is 9.59 Å². The topological polar surface area (TPSA) is 54.3 Å². The summed E-state index contributed by atoms with van der Waals surface area (Å²) in [5, 5.41) is 2.74. The first-order valence-corrected chi connectivity index (χ1v) is 10.4. The lowest BCUT2D eigenvalue weighted by Gasteiger charge is -2.13. The first-order chi connectivity index (χ1) is 14.7. The Kier molecular flexibility index (Phi) is 5.27. The van der Waals surface area contributed by atoms with Gasteiger partial charge < -0.3 is 9.88 Å². The number of aromatic nitrogens is 1. The van der Waals surface area contributed by atoms with Gasteiger partial charge in [-0.3, -0.25) is 9.69 Å². The smallest absolute Gasteiger partial charge is 0.318 e. The molecule has 0 atom stereocenters. The molecule has 0 bridgehead atoms. The molecule has 1 N–H and O–H groups in total. The molecule has 4 rings (SSSR count). The molecule has 1 fully saturated rings.